The highest BCUT2D eigenvalue weighted by Gasteiger charge is 2.43. The second-order valence-corrected chi connectivity index (χ2v) is 7.15. The van der Waals surface area contributed by atoms with Crippen molar-refractivity contribution in [2.24, 2.45) is 0 Å². The molecule has 6 nitrogen and oxygen atoms in total. The first kappa shape index (κ1) is 19.0. The Kier molecular flexibility index (Phi) is 5.84. The number of nitrogens with zero attached hydrogens (tertiary/aromatic N) is 3. The van der Waals surface area contributed by atoms with E-state index in [2.05, 4.69) is 15.3 Å². The molecule has 1 fully saturated rings. The molecule has 2 aromatic rings. The van der Waals surface area contributed by atoms with Crippen molar-refractivity contribution in [2.75, 3.05) is 4.90 Å². The van der Waals surface area contributed by atoms with E-state index in [4.69, 9.17) is 0 Å². The predicted octanol–water partition coefficient (Wildman–Crippen LogP) is 3.35. The van der Waals surface area contributed by atoms with Crippen molar-refractivity contribution < 1.29 is 9.59 Å². The van der Waals surface area contributed by atoms with Gasteiger partial charge < -0.3 is 5.32 Å². The molecule has 0 aliphatic heterocycles. The maximum absolute atomic E-state index is 13.3. The van der Waals surface area contributed by atoms with Gasteiger partial charge in [0.15, 0.2) is 0 Å². The van der Waals surface area contributed by atoms with Crippen molar-refractivity contribution in [3.63, 3.8) is 0 Å². The van der Waals surface area contributed by atoms with Crippen LogP contribution in [0.15, 0.2) is 48.9 Å². The Morgan fingerprint density at radius 3 is 2.48 bits per heavy atom. The van der Waals surface area contributed by atoms with Gasteiger partial charge in [0, 0.05) is 24.1 Å². The lowest BCUT2D eigenvalue weighted by atomic mass is 9.92. The first-order valence-corrected chi connectivity index (χ1v) is 9.53. The number of anilines is 1. The summed E-state index contributed by atoms with van der Waals surface area (Å²) in [7, 11) is 0. The maximum atomic E-state index is 13.3. The molecule has 1 aromatic heterocycles. The number of amides is 2. The number of hydrogen-bond acceptors (Lipinski definition) is 4. The van der Waals surface area contributed by atoms with Crippen LogP contribution < -0.4 is 10.2 Å². The Morgan fingerprint density at radius 2 is 1.89 bits per heavy atom. The van der Waals surface area contributed by atoms with Gasteiger partial charge in [-0.25, -0.2) is 4.98 Å². The number of para-hydroxylation sites is 1. The molecule has 1 heterocycles. The average Bonchev–Trinajstić information content (AvgIpc) is 3.22. The van der Waals surface area contributed by atoms with Crippen LogP contribution in [0.4, 0.5) is 5.69 Å². The minimum Gasteiger partial charge on any atom is -0.351 e. The molecule has 0 bridgehead atoms. The van der Waals surface area contributed by atoms with E-state index < -0.39 is 5.54 Å². The number of benzene rings is 1. The van der Waals surface area contributed by atoms with Gasteiger partial charge in [0.25, 0.3) is 5.91 Å². The Morgan fingerprint density at radius 1 is 1.19 bits per heavy atom. The second-order valence-electron chi connectivity index (χ2n) is 7.15. The highest BCUT2D eigenvalue weighted by molar-refractivity contribution is 6.10. The van der Waals surface area contributed by atoms with Crippen LogP contribution in [-0.4, -0.2) is 33.4 Å². The molecule has 0 spiro atoms. The predicted molar refractivity (Wildman–Crippen MR) is 104 cm³/mol. The molecule has 3 rings (SSSR count). The van der Waals surface area contributed by atoms with E-state index in [1.807, 2.05) is 44.2 Å². The third kappa shape index (κ3) is 3.99. The van der Waals surface area contributed by atoms with E-state index >= 15 is 0 Å². The van der Waals surface area contributed by atoms with Gasteiger partial charge in [-0.15, -0.1) is 0 Å². The standard InChI is InChI=1S/C21H26N4O2/c1-3-21(2,20(27)24-16-9-7-8-10-16)25(17-11-5-4-6-12-17)19(26)18-15-22-13-14-23-18/h4-6,11-16H,3,7-10H2,1-2H3,(H,24,27)/t21-/m1/s1. The third-order valence-electron chi connectivity index (χ3n) is 5.36. The monoisotopic (exact) mass is 366 g/mol. The highest BCUT2D eigenvalue weighted by atomic mass is 16.2. The molecular weight excluding hydrogens is 340 g/mol. The molecule has 1 atom stereocenters. The van der Waals surface area contributed by atoms with E-state index in [0.717, 1.165) is 25.7 Å². The number of nitrogens with one attached hydrogen (secondary N) is 1. The van der Waals surface area contributed by atoms with Crippen LogP contribution in [0.3, 0.4) is 0 Å². The molecule has 27 heavy (non-hydrogen) atoms. The Balaban J connectivity index is 1.99. The quantitative estimate of drug-likeness (QED) is 0.851. The minimum atomic E-state index is -1.03. The van der Waals surface area contributed by atoms with Crippen LogP contribution in [0.25, 0.3) is 0 Å². The molecule has 1 N–H and O–H groups in total. The summed E-state index contributed by atoms with van der Waals surface area (Å²) < 4.78 is 0. The fourth-order valence-corrected chi connectivity index (χ4v) is 3.56. The van der Waals surface area contributed by atoms with Gasteiger partial charge in [0.1, 0.15) is 11.2 Å². The zero-order valence-electron chi connectivity index (χ0n) is 15.9. The maximum Gasteiger partial charge on any atom is 0.279 e. The first-order valence-electron chi connectivity index (χ1n) is 9.53. The summed E-state index contributed by atoms with van der Waals surface area (Å²) in [5, 5.41) is 3.16. The van der Waals surface area contributed by atoms with Crippen LogP contribution in [0.5, 0.6) is 0 Å². The van der Waals surface area contributed by atoms with Gasteiger partial charge in [0.2, 0.25) is 5.91 Å². The summed E-state index contributed by atoms with van der Waals surface area (Å²) in [5.74, 6) is -0.460. The fraction of sp³-hybridized carbons (Fsp3) is 0.429. The van der Waals surface area contributed by atoms with Gasteiger partial charge in [0.05, 0.1) is 6.20 Å². The molecule has 0 saturated heterocycles. The lowest BCUT2D eigenvalue weighted by molar-refractivity contribution is -0.126. The van der Waals surface area contributed by atoms with Crippen molar-refractivity contribution >= 4 is 17.5 Å². The molecule has 0 radical (unpaired) electrons. The summed E-state index contributed by atoms with van der Waals surface area (Å²) in [5.41, 5.74) is -0.146. The highest BCUT2D eigenvalue weighted by Crippen LogP contribution is 2.30. The fourth-order valence-electron chi connectivity index (χ4n) is 3.56. The minimum absolute atomic E-state index is 0.127. The normalized spacial score (nSPS) is 16.5. The van der Waals surface area contributed by atoms with E-state index in [0.29, 0.717) is 12.1 Å². The number of carbonyl (C=O) groups excluding carboxylic acids is 2. The largest absolute Gasteiger partial charge is 0.351 e. The topological polar surface area (TPSA) is 75.2 Å². The summed E-state index contributed by atoms with van der Waals surface area (Å²) in [4.78, 5) is 36.3. The van der Waals surface area contributed by atoms with Gasteiger partial charge in [-0.3, -0.25) is 19.5 Å². The van der Waals surface area contributed by atoms with E-state index in [-0.39, 0.29) is 23.6 Å². The average molecular weight is 366 g/mol. The SMILES string of the molecule is CC[C@](C)(C(=O)NC1CCCC1)N(C(=O)c1cnccn1)c1ccccc1. The van der Waals surface area contributed by atoms with Crippen LogP contribution in [0.1, 0.15) is 56.4 Å². The van der Waals surface area contributed by atoms with Gasteiger partial charge in [-0.1, -0.05) is 38.0 Å². The Bertz CT molecular complexity index is 775. The van der Waals surface area contributed by atoms with E-state index in [1.54, 1.807) is 4.90 Å². The Labute approximate surface area is 160 Å². The van der Waals surface area contributed by atoms with Gasteiger partial charge in [-0.05, 0) is 38.3 Å². The zero-order valence-corrected chi connectivity index (χ0v) is 15.9. The van der Waals surface area contributed by atoms with Crippen LogP contribution in [-0.2, 0) is 4.79 Å². The first-order chi connectivity index (χ1) is 13.1. The molecule has 2 amide bonds. The number of carbonyl (C=O) groups is 2. The molecule has 142 valence electrons. The molecule has 1 aliphatic rings. The van der Waals surface area contributed by atoms with E-state index in [1.165, 1.54) is 18.6 Å². The van der Waals surface area contributed by atoms with Crippen molar-refractivity contribution in [2.45, 2.75) is 57.5 Å². The van der Waals surface area contributed by atoms with Crippen LogP contribution in [0, 0.1) is 0 Å². The molecule has 1 aromatic carbocycles. The lowest BCUT2D eigenvalue weighted by Gasteiger charge is -2.40. The van der Waals surface area contributed by atoms with E-state index in [9.17, 15) is 9.59 Å². The zero-order chi connectivity index (χ0) is 19.3. The smallest absolute Gasteiger partial charge is 0.279 e. The molecule has 0 unspecified atom stereocenters. The number of rotatable bonds is 6. The van der Waals surface area contributed by atoms with Crippen molar-refractivity contribution in [3.05, 3.63) is 54.6 Å². The third-order valence-corrected chi connectivity index (χ3v) is 5.36. The summed E-state index contributed by atoms with van der Waals surface area (Å²) >= 11 is 0. The number of hydrogen-bond donors (Lipinski definition) is 1. The van der Waals surface area contributed by atoms with Crippen molar-refractivity contribution in [1.82, 2.24) is 15.3 Å². The summed E-state index contributed by atoms with van der Waals surface area (Å²) in [6.07, 6.45) is 9.18. The van der Waals surface area contributed by atoms with Crippen LogP contribution >= 0.6 is 0 Å². The summed E-state index contributed by atoms with van der Waals surface area (Å²) in [6, 6.07) is 9.47. The van der Waals surface area contributed by atoms with Gasteiger partial charge in [-0.2, -0.15) is 0 Å². The second kappa shape index (κ2) is 8.29. The molecular formula is C21H26N4O2. The Hall–Kier alpha value is -2.76. The van der Waals surface area contributed by atoms with Crippen molar-refractivity contribution in [3.8, 4) is 0 Å². The van der Waals surface area contributed by atoms with Crippen molar-refractivity contribution in [1.29, 1.82) is 0 Å². The van der Waals surface area contributed by atoms with Gasteiger partial charge >= 0.3 is 0 Å². The molecule has 1 aliphatic carbocycles. The summed E-state index contributed by atoms with van der Waals surface area (Å²) in [6.45, 7) is 3.74. The molecule has 6 heteroatoms. The molecule has 1 saturated carbocycles. The number of aromatic nitrogens is 2. The lowest BCUT2D eigenvalue weighted by Crippen LogP contribution is -2.60. The van der Waals surface area contributed by atoms with Crippen LogP contribution in [0.2, 0.25) is 0 Å².